The minimum absolute atomic E-state index is 0.112. The Labute approximate surface area is 162 Å². The molecule has 0 bridgehead atoms. The monoisotopic (exact) mass is 396 g/mol. The van der Waals surface area contributed by atoms with Gasteiger partial charge in [-0.25, -0.2) is 0 Å². The molecule has 0 aliphatic carbocycles. The van der Waals surface area contributed by atoms with Crippen LogP contribution < -0.4 is 10.2 Å². The summed E-state index contributed by atoms with van der Waals surface area (Å²) < 4.78 is 0. The Hall–Kier alpha value is -1.42. The molecule has 1 saturated heterocycles. The lowest BCUT2D eigenvalue weighted by atomic mass is 10.1. The quantitative estimate of drug-likeness (QED) is 0.705. The van der Waals surface area contributed by atoms with Gasteiger partial charge in [0.05, 0.1) is 27.8 Å². The molecular weight excluding hydrogens is 379 g/mol. The molecular formula is C19H19Cl3N2O. The van der Waals surface area contributed by atoms with Gasteiger partial charge in [0.2, 0.25) is 5.91 Å². The van der Waals surface area contributed by atoms with Crippen molar-refractivity contribution in [2.75, 3.05) is 23.3 Å². The molecule has 6 heteroatoms. The van der Waals surface area contributed by atoms with Crippen LogP contribution in [0.3, 0.4) is 0 Å². The Balaban J connectivity index is 1.75. The van der Waals surface area contributed by atoms with E-state index >= 15 is 0 Å². The molecule has 1 heterocycles. The highest BCUT2D eigenvalue weighted by Crippen LogP contribution is 2.31. The number of carbonyl (C=O) groups is 1. The maximum Gasteiger partial charge on any atom is 0.228 e. The van der Waals surface area contributed by atoms with E-state index in [-0.39, 0.29) is 12.3 Å². The molecule has 1 aliphatic rings. The van der Waals surface area contributed by atoms with E-state index in [1.54, 1.807) is 24.3 Å². The molecule has 2 aromatic rings. The number of anilines is 2. The fourth-order valence-corrected chi connectivity index (χ4v) is 3.54. The van der Waals surface area contributed by atoms with Crippen LogP contribution in [0.15, 0.2) is 36.4 Å². The maximum atomic E-state index is 12.5. The van der Waals surface area contributed by atoms with Crippen LogP contribution in [0, 0.1) is 0 Å². The standard InChI is InChI=1S/C19H19Cl3N2O/c20-14-5-7-18(24-8-2-1-3-9-24)17(12-14)23-19(25)11-13-4-6-15(21)16(22)10-13/h4-7,10,12H,1-3,8-9,11H2,(H,23,25). The van der Waals surface area contributed by atoms with E-state index in [0.29, 0.717) is 15.1 Å². The molecule has 0 aromatic heterocycles. The van der Waals surface area contributed by atoms with Crippen molar-refractivity contribution in [3.63, 3.8) is 0 Å². The predicted molar refractivity (Wildman–Crippen MR) is 106 cm³/mol. The molecule has 1 fully saturated rings. The molecule has 0 saturated carbocycles. The third-order valence-corrected chi connectivity index (χ3v) is 5.25. The lowest BCUT2D eigenvalue weighted by Crippen LogP contribution is -2.30. The van der Waals surface area contributed by atoms with Crippen LogP contribution in [0.25, 0.3) is 0 Å². The van der Waals surface area contributed by atoms with Gasteiger partial charge in [0.25, 0.3) is 0 Å². The van der Waals surface area contributed by atoms with Crippen molar-refractivity contribution in [2.24, 2.45) is 0 Å². The van der Waals surface area contributed by atoms with Gasteiger partial charge in [-0.3, -0.25) is 4.79 Å². The smallest absolute Gasteiger partial charge is 0.228 e. The first-order valence-electron chi connectivity index (χ1n) is 8.31. The van der Waals surface area contributed by atoms with E-state index in [1.807, 2.05) is 12.1 Å². The first-order valence-corrected chi connectivity index (χ1v) is 9.44. The van der Waals surface area contributed by atoms with E-state index in [4.69, 9.17) is 34.8 Å². The molecule has 25 heavy (non-hydrogen) atoms. The molecule has 132 valence electrons. The average molecular weight is 398 g/mol. The van der Waals surface area contributed by atoms with Crippen molar-refractivity contribution >= 4 is 52.1 Å². The third-order valence-electron chi connectivity index (χ3n) is 4.28. The van der Waals surface area contributed by atoms with Crippen LogP contribution in [-0.4, -0.2) is 19.0 Å². The predicted octanol–water partition coefficient (Wildman–Crippen LogP) is 5.82. The Morgan fingerprint density at radius 2 is 1.72 bits per heavy atom. The average Bonchev–Trinajstić information content (AvgIpc) is 2.59. The molecule has 3 nitrogen and oxygen atoms in total. The molecule has 0 spiro atoms. The summed E-state index contributed by atoms with van der Waals surface area (Å²) in [5.41, 5.74) is 2.58. The first kappa shape index (κ1) is 18.4. The van der Waals surface area contributed by atoms with Crippen molar-refractivity contribution in [2.45, 2.75) is 25.7 Å². The number of nitrogens with zero attached hydrogens (tertiary/aromatic N) is 1. The van der Waals surface area contributed by atoms with Gasteiger partial charge in [0.15, 0.2) is 0 Å². The highest BCUT2D eigenvalue weighted by atomic mass is 35.5. The second kappa shape index (κ2) is 8.31. The van der Waals surface area contributed by atoms with Gasteiger partial charge in [-0.1, -0.05) is 40.9 Å². The Bertz CT molecular complexity index is 773. The van der Waals surface area contributed by atoms with Crippen LogP contribution in [0.4, 0.5) is 11.4 Å². The van der Waals surface area contributed by atoms with Crippen LogP contribution in [-0.2, 0) is 11.2 Å². The van der Waals surface area contributed by atoms with E-state index in [0.717, 1.165) is 30.0 Å². The van der Waals surface area contributed by atoms with Crippen LogP contribution >= 0.6 is 34.8 Å². The van der Waals surface area contributed by atoms with E-state index < -0.39 is 0 Å². The maximum absolute atomic E-state index is 12.5. The number of hydrogen-bond acceptors (Lipinski definition) is 2. The Morgan fingerprint density at radius 3 is 2.44 bits per heavy atom. The minimum atomic E-state index is -0.112. The van der Waals surface area contributed by atoms with Crippen molar-refractivity contribution < 1.29 is 4.79 Å². The number of hydrogen-bond donors (Lipinski definition) is 1. The fraction of sp³-hybridized carbons (Fsp3) is 0.316. The first-order chi connectivity index (χ1) is 12.0. The van der Waals surface area contributed by atoms with Gasteiger partial charge in [-0.15, -0.1) is 0 Å². The van der Waals surface area contributed by atoms with Gasteiger partial charge in [0.1, 0.15) is 0 Å². The molecule has 3 rings (SSSR count). The zero-order valence-corrected chi connectivity index (χ0v) is 16.0. The molecule has 0 radical (unpaired) electrons. The van der Waals surface area contributed by atoms with Crippen molar-refractivity contribution in [1.82, 2.24) is 0 Å². The second-order valence-corrected chi connectivity index (χ2v) is 7.43. The van der Waals surface area contributed by atoms with E-state index in [2.05, 4.69) is 10.2 Å². The van der Waals surface area contributed by atoms with Crippen LogP contribution in [0.2, 0.25) is 15.1 Å². The Morgan fingerprint density at radius 1 is 0.960 bits per heavy atom. The van der Waals surface area contributed by atoms with E-state index in [1.165, 1.54) is 19.3 Å². The number of amides is 1. The summed E-state index contributed by atoms with van der Waals surface area (Å²) in [6, 6.07) is 10.9. The number of nitrogens with one attached hydrogen (secondary N) is 1. The lowest BCUT2D eigenvalue weighted by Gasteiger charge is -2.30. The number of halogens is 3. The molecule has 1 N–H and O–H groups in total. The van der Waals surface area contributed by atoms with Crippen LogP contribution in [0.1, 0.15) is 24.8 Å². The van der Waals surface area contributed by atoms with Crippen LogP contribution in [0.5, 0.6) is 0 Å². The number of carbonyl (C=O) groups excluding carboxylic acids is 1. The summed E-state index contributed by atoms with van der Waals surface area (Å²) in [6.45, 7) is 1.99. The number of rotatable bonds is 4. The topological polar surface area (TPSA) is 32.3 Å². The normalized spacial score (nSPS) is 14.4. The third kappa shape index (κ3) is 4.81. The summed E-state index contributed by atoms with van der Waals surface area (Å²) in [6.07, 6.45) is 3.81. The summed E-state index contributed by atoms with van der Waals surface area (Å²) in [7, 11) is 0. The summed E-state index contributed by atoms with van der Waals surface area (Å²) >= 11 is 18.1. The van der Waals surface area contributed by atoms with Crippen molar-refractivity contribution in [3.8, 4) is 0 Å². The highest BCUT2D eigenvalue weighted by Gasteiger charge is 2.16. The molecule has 1 aliphatic heterocycles. The largest absolute Gasteiger partial charge is 0.370 e. The van der Waals surface area contributed by atoms with Crippen molar-refractivity contribution in [3.05, 3.63) is 57.0 Å². The van der Waals surface area contributed by atoms with Gasteiger partial charge < -0.3 is 10.2 Å². The highest BCUT2D eigenvalue weighted by molar-refractivity contribution is 6.42. The van der Waals surface area contributed by atoms with Crippen molar-refractivity contribution in [1.29, 1.82) is 0 Å². The van der Waals surface area contributed by atoms with Gasteiger partial charge in [-0.2, -0.15) is 0 Å². The molecule has 2 aromatic carbocycles. The summed E-state index contributed by atoms with van der Waals surface area (Å²) in [5, 5.41) is 4.52. The Kier molecular flexibility index (Phi) is 6.10. The summed E-state index contributed by atoms with van der Waals surface area (Å²) in [5.74, 6) is -0.112. The molecule has 1 amide bonds. The number of benzene rings is 2. The fourth-order valence-electron chi connectivity index (χ4n) is 3.05. The molecule has 0 unspecified atom stereocenters. The molecule has 0 atom stereocenters. The lowest BCUT2D eigenvalue weighted by molar-refractivity contribution is -0.115. The summed E-state index contributed by atoms with van der Waals surface area (Å²) in [4.78, 5) is 14.8. The van der Waals surface area contributed by atoms with E-state index in [9.17, 15) is 4.79 Å². The zero-order valence-electron chi connectivity index (χ0n) is 13.7. The number of piperidine rings is 1. The van der Waals surface area contributed by atoms with Gasteiger partial charge in [0, 0.05) is 18.1 Å². The zero-order chi connectivity index (χ0) is 17.8. The van der Waals surface area contributed by atoms with Gasteiger partial charge in [-0.05, 0) is 55.2 Å². The minimum Gasteiger partial charge on any atom is -0.370 e. The SMILES string of the molecule is O=C(Cc1ccc(Cl)c(Cl)c1)Nc1cc(Cl)ccc1N1CCCCC1. The van der Waals surface area contributed by atoms with Gasteiger partial charge >= 0.3 is 0 Å². The second-order valence-electron chi connectivity index (χ2n) is 6.18.